The minimum Gasteiger partial charge on any atom is -0.507 e. The number of nitrogens with one attached hydrogen (secondary N) is 1. The van der Waals surface area contributed by atoms with E-state index in [1.165, 1.54) is 25.3 Å². The van der Waals surface area contributed by atoms with Gasteiger partial charge in [-0.1, -0.05) is 60.7 Å². The summed E-state index contributed by atoms with van der Waals surface area (Å²) in [6, 6.07) is 23.4. The molecule has 0 spiro atoms. The van der Waals surface area contributed by atoms with E-state index in [2.05, 4.69) is 5.32 Å². The van der Waals surface area contributed by atoms with Crippen molar-refractivity contribution in [3.8, 4) is 11.5 Å². The van der Waals surface area contributed by atoms with Gasteiger partial charge in [0, 0.05) is 6.07 Å². The van der Waals surface area contributed by atoms with Crippen LogP contribution >= 0.6 is 0 Å². The van der Waals surface area contributed by atoms with Crippen molar-refractivity contribution < 1.29 is 24.2 Å². The number of methoxy groups -OCH3 is 1. The smallest absolute Gasteiger partial charge is 0.342 e. The highest BCUT2D eigenvalue weighted by Crippen LogP contribution is 2.24. The van der Waals surface area contributed by atoms with Crippen molar-refractivity contribution in [3.63, 3.8) is 0 Å². The lowest BCUT2D eigenvalue weighted by atomic mass is 9.99. The second-order valence-electron chi connectivity index (χ2n) is 6.68. The average molecular weight is 405 g/mol. The van der Waals surface area contributed by atoms with Crippen molar-refractivity contribution >= 4 is 11.9 Å². The summed E-state index contributed by atoms with van der Waals surface area (Å²) in [5.41, 5.74) is 1.99. The van der Waals surface area contributed by atoms with Gasteiger partial charge in [0.05, 0.1) is 13.2 Å². The highest BCUT2D eigenvalue weighted by Gasteiger charge is 2.18. The van der Waals surface area contributed by atoms with Crippen LogP contribution in [0.4, 0.5) is 0 Å². The molecule has 0 bridgehead atoms. The van der Waals surface area contributed by atoms with Crippen LogP contribution in [0.25, 0.3) is 0 Å². The molecule has 0 fully saturated rings. The zero-order valence-corrected chi connectivity index (χ0v) is 16.6. The summed E-state index contributed by atoms with van der Waals surface area (Å²) in [5.74, 6) is -1.08. The summed E-state index contributed by atoms with van der Waals surface area (Å²) in [5, 5.41) is 12.9. The van der Waals surface area contributed by atoms with Crippen molar-refractivity contribution in [2.45, 2.75) is 12.5 Å². The molecule has 6 nitrogen and oxygen atoms in total. The molecule has 3 aromatic rings. The van der Waals surface area contributed by atoms with Crippen LogP contribution in [0.15, 0.2) is 78.9 Å². The lowest BCUT2D eigenvalue weighted by molar-refractivity contribution is -0.125. The lowest BCUT2D eigenvalue weighted by Crippen LogP contribution is -2.33. The van der Waals surface area contributed by atoms with Crippen molar-refractivity contribution in [3.05, 3.63) is 95.6 Å². The first kappa shape index (κ1) is 20.9. The van der Waals surface area contributed by atoms with Gasteiger partial charge >= 0.3 is 5.97 Å². The molecule has 154 valence electrons. The maximum absolute atomic E-state index is 12.5. The number of benzene rings is 3. The zero-order valence-electron chi connectivity index (χ0n) is 16.6. The standard InChI is InChI=1S/C24H23NO5/c1-29-19-12-13-20(22(26)15-19)24(28)30-16-23(27)25-21(18-10-6-3-7-11-18)14-17-8-4-2-5-9-17/h2-13,15,21,26H,14,16H2,1H3,(H,25,27)/t21-/m1/s1. The van der Waals surface area contributed by atoms with E-state index in [-0.39, 0.29) is 17.4 Å². The fourth-order valence-corrected chi connectivity index (χ4v) is 3.04. The third-order valence-electron chi connectivity index (χ3n) is 4.58. The Kier molecular flexibility index (Phi) is 7.05. The quantitative estimate of drug-likeness (QED) is 0.559. The molecule has 2 N–H and O–H groups in total. The van der Waals surface area contributed by atoms with Crippen molar-refractivity contribution in [2.75, 3.05) is 13.7 Å². The third kappa shape index (κ3) is 5.61. The summed E-state index contributed by atoms with van der Waals surface area (Å²) in [7, 11) is 1.45. The third-order valence-corrected chi connectivity index (χ3v) is 4.58. The first-order valence-electron chi connectivity index (χ1n) is 9.49. The Morgan fingerprint density at radius 3 is 2.27 bits per heavy atom. The Balaban J connectivity index is 1.63. The molecular formula is C24H23NO5. The second kappa shape index (κ2) is 10.1. The van der Waals surface area contributed by atoms with E-state index in [9.17, 15) is 14.7 Å². The van der Waals surface area contributed by atoms with Gasteiger partial charge in [0.1, 0.15) is 17.1 Å². The molecule has 3 aromatic carbocycles. The lowest BCUT2D eigenvalue weighted by Gasteiger charge is -2.19. The number of ether oxygens (including phenoxy) is 2. The highest BCUT2D eigenvalue weighted by molar-refractivity contribution is 5.94. The van der Waals surface area contributed by atoms with Crippen LogP contribution < -0.4 is 10.1 Å². The van der Waals surface area contributed by atoms with E-state index >= 15 is 0 Å². The minimum absolute atomic E-state index is 0.0347. The topological polar surface area (TPSA) is 84.9 Å². The molecule has 0 saturated carbocycles. The number of carbonyl (C=O) groups is 2. The van der Waals surface area contributed by atoms with E-state index in [0.717, 1.165) is 11.1 Å². The van der Waals surface area contributed by atoms with Crippen LogP contribution in [0, 0.1) is 0 Å². The summed E-state index contributed by atoms with van der Waals surface area (Å²) in [4.78, 5) is 24.7. The van der Waals surface area contributed by atoms with Crippen LogP contribution in [0.2, 0.25) is 0 Å². The molecule has 30 heavy (non-hydrogen) atoms. The number of hydrogen-bond acceptors (Lipinski definition) is 5. The fourth-order valence-electron chi connectivity index (χ4n) is 3.04. The monoisotopic (exact) mass is 405 g/mol. The Morgan fingerprint density at radius 1 is 0.967 bits per heavy atom. The normalized spacial score (nSPS) is 11.4. The molecule has 0 aliphatic rings. The van der Waals surface area contributed by atoms with E-state index in [4.69, 9.17) is 9.47 Å². The molecule has 0 aliphatic carbocycles. The van der Waals surface area contributed by atoms with Gasteiger partial charge in [-0.3, -0.25) is 4.79 Å². The van der Waals surface area contributed by atoms with Gasteiger partial charge in [-0.15, -0.1) is 0 Å². The molecule has 0 unspecified atom stereocenters. The van der Waals surface area contributed by atoms with Gasteiger partial charge in [-0.25, -0.2) is 4.79 Å². The van der Waals surface area contributed by atoms with Gasteiger partial charge < -0.3 is 19.9 Å². The molecule has 0 aromatic heterocycles. The summed E-state index contributed by atoms with van der Waals surface area (Å²) < 4.78 is 10.1. The number of hydrogen-bond donors (Lipinski definition) is 2. The van der Waals surface area contributed by atoms with E-state index in [1.54, 1.807) is 0 Å². The van der Waals surface area contributed by atoms with Crippen LogP contribution in [0.5, 0.6) is 11.5 Å². The zero-order chi connectivity index (χ0) is 21.3. The number of phenols is 1. The second-order valence-corrected chi connectivity index (χ2v) is 6.68. The van der Waals surface area contributed by atoms with Gasteiger partial charge in [-0.05, 0) is 29.7 Å². The fraction of sp³-hybridized carbons (Fsp3) is 0.167. The number of rotatable bonds is 8. The molecule has 6 heteroatoms. The largest absolute Gasteiger partial charge is 0.507 e. The Labute approximate surface area is 175 Å². The van der Waals surface area contributed by atoms with E-state index in [1.807, 2.05) is 60.7 Å². The first-order chi connectivity index (χ1) is 14.6. The van der Waals surface area contributed by atoms with Crippen LogP contribution in [0.1, 0.15) is 27.5 Å². The molecule has 3 rings (SSSR count). The molecule has 0 radical (unpaired) electrons. The van der Waals surface area contributed by atoms with Gasteiger partial charge in [0.2, 0.25) is 0 Å². The molecule has 1 atom stereocenters. The van der Waals surface area contributed by atoms with Gasteiger partial charge in [0.15, 0.2) is 6.61 Å². The van der Waals surface area contributed by atoms with E-state index < -0.39 is 18.5 Å². The van der Waals surface area contributed by atoms with Gasteiger partial charge in [-0.2, -0.15) is 0 Å². The average Bonchev–Trinajstić information content (AvgIpc) is 2.78. The van der Waals surface area contributed by atoms with Crippen molar-refractivity contribution in [2.24, 2.45) is 0 Å². The number of phenolic OH excluding ortho intramolecular Hbond substituents is 1. The molecule has 0 saturated heterocycles. The van der Waals surface area contributed by atoms with Crippen molar-refractivity contribution in [1.29, 1.82) is 0 Å². The predicted octanol–water partition coefficient (Wildman–Crippen LogP) is 3.66. The maximum atomic E-state index is 12.5. The van der Waals surface area contributed by atoms with Crippen molar-refractivity contribution in [1.82, 2.24) is 5.32 Å². The predicted molar refractivity (Wildman–Crippen MR) is 112 cm³/mol. The molecule has 0 aliphatic heterocycles. The van der Waals surface area contributed by atoms with Crippen LogP contribution in [-0.2, 0) is 16.0 Å². The highest BCUT2D eigenvalue weighted by atomic mass is 16.5. The first-order valence-corrected chi connectivity index (χ1v) is 9.49. The summed E-state index contributed by atoms with van der Waals surface area (Å²) >= 11 is 0. The van der Waals surface area contributed by atoms with E-state index in [0.29, 0.717) is 12.2 Å². The van der Waals surface area contributed by atoms with Crippen LogP contribution in [-0.4, -0.2) is 30.7 Å². The SMILES string of the molecule is COc1ccc(C(=O)OCC(=O)N[C@H](Cc2ccccc2)c2ccccc2)c(O)c1. The summed E-state index contributed by atoms with van der Waals surface area (Å²) in [6.45, 7) is -0.456. The minimum atomic E-state index is -0.787. The Hall–Kier alpha value is -3.80. The number of carbonyl (C=O) groups excluding carboxylic acids is 2. The van der Waals surface area contributed by atoms with Gasteiger partial charge in [0.25, 0.3) is 5.91 Å². The van der Waals surface area contributed by atoms with Crippen LogP contribution in [0.3, 0.4) is 0 Å². The Morgan fingerprint density at radius 2 is 1.63 bits per heavy atom. The number of amides is 1. The molecule has 0 heterocycles. The maximum Gasteiger partial charge on any atom is 0.342 e. The molecule has 1 amide bonds. The Bertz CT molecular complexity index is 989. The number of esters is 1. The number of aromatic hydroxyl groups is 1. The summed E-state index contributed by atoms with van der Waals surface area (Å²) in [6.07, 6.45) is 0.601. The molecular weight excluding hydrogens is 382 g/mol.